The number of hydrogen-bond acceptors (Lipinski definition) is 3. The van der Waals surface area contributed by atoms with E-state index in [9.17, 15) is 0 Å². The van der Waals surface area contributed by atoms with Crippen LogP contribution in [0, 0.1) is 5.92 Å². The van der Waals surface area contributed by atoms with E-state index < -0.39 is 0 Å². The topological polar surface area (TPSA) is 12.5 Å². The van der Waals surface area contributed by atoms with Gasteiger partial charge in [0.05, 0.1) is 6.61 Å². The molecule has 0 N–H and O–H groups in total. The number of nitrogens with zero attached hydrogens (tertiary/aromatic N) is 1. The van der Waals surface area contributed by atoms with E-state index in [-0.39, 0.29) is 0 Å². The molecule has 2 nitrogen and oxygen atoms in total. The summed E-state index contributed by atoms with van der Waals surface area (Å²) in [6, 6.07) is 9.88. The summed E-state index contributed by atoms with van der Waals surface area (Å²) in [4.78, 5) is 4.03. The van der Waals surface area contributed by atoms with Gasteiger partial charge in [-0.15, -0.1) is 11.8 Å². The van der Waals surface area contributed by atoms with Crippen molar-refractivity contribution in [3.63, 3.8) is 0 Å². The maximum Gasteiger partial charge on any atom is 0.0507 e. The molecule has 0 unspecified atom stereocenters. The second-order valence-corrected chi connectivity index (χ2v) is 6.62. The van der Waals surface area contributed by atoms with Crippen molar-refractivity contribution in [2.45, 2.75) is 36.7 Å². The number of ether oxygens (including phenoxy) is 1. The van der Waals surface area contributed by atoms with E-state index in [1.54, 1.807) is 0 Å². The van der Waals surface area contributed by atoms with Gasteiger partial charge < -0.3 is 4.74 Å². The summed E-state index contributed by atoms with van der Waals surface area (Å²) in [7, 11) is 0. The Labute approximate surface area is 120 Å². The molecule has 1 saturated heterocycles. The van der Waals surface area contributed by atoms with E-state index in [0.717, 1.165) is 31.7 Å². The molecule has 1 aliphatic carbocycles. The highest BCUT2D eigenvalue weighted by Gasteiger charge is 2.31. The van der Waals surface area contributed by atoms with E-state index in [4.69, 9.17) is 4.74 Å². The molecule has 0 bridgehead atoms. The lowest BCUT2D eigenvalue weighted by Gasteiger charge is -2.25. The van der Waals surface area contributed by atoms with Crippen molar-refractivity contribution >= 4 is 11.8 Å². The Morgan fingerprint density at radius 3 is 2.58 bits per heavy atom. The van der Waals surface area contributed by atoms with Gasteiger partial charge in [-0.25, -0.2) is 0 Å². The minimum absolute atomic E-state index is 0.756. The van der Waals surface area contributed by atoms with E-state index in [0.29, 0.717) is 0 Å². The van der Waals surface area contributed by atoms with Crippen molar-refractivity contribution < 1.29 is 4.74 Å². The van der Waals surface area contributed by atoms with Crippen LogP contribution in [-0.4, -0.2) is 37.0 Å². The number of thioether (sulfide) groups is 1. The van der Waals surface area contributed by atoms with Gasteiger partial charge in [0.2, 0.25) is 0 Å². The highest BCUT2D eigenvalue weighted by atomic mass is 32.2. The highest BCUT2D eigenvalue weighted by molar-refractivity contribution is 7.98. The third-order valence-corrected chi connectivity index (χ3v) is 4.87. The van der Waals surface area contributed by atoms with E-state index in [1.807, 2.05) is 11.8 Å². The minimum Gasteiger partial charge on any atom is -0.381 e. The molecular weight excluding hydrogens is 254 g/mol. The number of rotatable bonds is 6. The first-order valence-electron chi connectivity index (χ1n) is 7.30. The Hall–Kier alpha value is -0.510. The monoisotopic (exact) mass is 277 g/mol. The molecule has 1 aliphatic heterocycles. The summed E-state index contributed by atoms with van der Waals surface area (Å²) in [6.07, 6.45) is 6.15. The molecule has 1 aromatic rings. The smallest absolute Gasteiger partial charge is 0.0507 e. The molecule has 1 saturated carbocycles. The van der Waals surface area contributed by atoms with Crippen LogP contribution in [0.2, 0.25) is 0 Å². The van der Waals surface area contributed by atoms with Crippen LogP contribution in [0.3, 0.4) is 0 Å². The molecule has 0 amide bonds. The Morgan fingerprint density at radius 2 is 2.00 bits per heavy atom. The normalized spacial score (nSPS) is 23.2. The van der Waals surface area contributed by atoms with Gasteiger partial charge in [-0.3, -0.25) is 4.90 Å². The third-order valence-electron chi connectivity index (χ3n) is 4.12. The summed E-state index contributed by atoms with van der Waals surface area (Å²) >= 11 is 1.81. The van der Waals surface area contributed by atoms with Crippen LogP contribution in [-0.2, 0) is 11.3 Å². The van der Waals surface area contributed by atoms with Gasteiger partial charge in [-0.1, -0.05) is 12.1 Å². The van der Waals surface area contributed by atoms with Crippen molar-refractivity contribution in [2.24, 2.45) is 5.92 Å². The van der Waals surface area contributed by atoms with Crippen LogP contribution in [0.25, 0.3) is 0 Å². The van der Waals surface area contributed by atoms with Crippen LogP contribution in [0.5, 0.6) is 0 Å². The molecule has 0 aromatic heterocycles. The molecule has 104 valence electrons. The Bertz CT molecular complexity index is 396. The van der Waals surface area contributed by atoms with Crippen LogP contribution in [0.1, 0.15) is 24.8 Å². The number of benzene rings is 1. The molecule has 3 heteroatoms. The maximum atomic E-state index is 5.51. The van der Waals surface area contributed by atoms with E-state index >= 15 is 0 Å². The predicted octanol–water partition coefficient (Wildman–Crippen LogP) is 3.41. The fourth-order valence-electron chi connectivity index (χ4n) is 2.81. The molecule has 1 atom stereocenters. The Morgan fingerprint density at radius 1 is 1.21 bits per heavy atom. The van der Waals surface area contributed by atoms with Gasteiger partial charge in [-0.2, -0.15) is 0 Å². The van der Waals surface area contributed by atoms with Gasteiger partial charge in [0.25, 0.3) is 0 Å². The molecule has 19 heavy (non-hydrogen) atoms. The second kappa shape index (κ2) is 6.29. The number of hydrogen-bond donors (Lipinski definition) is 0. The molecule has 0 radical (unpaired) electrons. The first-order valence-corrected chi connectivity index (χ1v) is 8.52. The SMILES string of the molecule is CSc1ccc(CN(C[C@H]2CCOC2)C2CC2)cc1. The molecular formula is C16H23NOS. The first-order chi connectivity index (χ1) is 9.35. The zero-order chi connectivity index (χ0) is 13.1. The summed E-state index contributed by atoms with van der Waals surface area (Å²) in [5.74, 6) is 0.756. The zero-order valence-corrected chi connectivity index (χ0v) is 12.5. The maximum absolute atomic E-state index is 5.51. The van der Waals surface area contributed by atoms with Crippen molar-refractivity contribution in [3.8, 4) is 0 Å². The van der Waals surface area contributed by atoms with Gasteiger partial charge >= 0.3 is 0 Å². The van der Waals surface area contributed by atoms with Gasteiger partial charge in [0.15, 0.2) is 0 Å². The van der Waals surface area contributed by atoms with Gasteiger partial charge in [0.1, 0.15) is 0 Å². The summed E-state index contributed by atoms with van der Waals surface area (Å²) in [5.41, 5.74) is 1.45. The molecule has 0 spiro atoms. The predicted molar refractivity (Wildman–Crippen MR) is 80.6 cm³/mol. The quantitative estimate of drug-likeness (QED) is 0.739. The lowest BCUT2D eigenvalue weighted by Crippen LogP contribution is -2.31. The van der Waals surface area contributed by atoms with Crippen molar-refractivity contribution in [1.29, 1.82) is 0 Å². The summed E-state index contributed by atoms with van der Waals surface area (Å²) in [6.45, 7) is 4.25. The van der Waals surface area contributed by atoms with Crippen molar-refractivity contribution in [1.82, 2.24) is 4.90 Å². The van der Waals surface area contributed by atoms with Crippen LogP contribution >= 0.6 is 11.8 Å². The van der Waals surface area contributed by atoms with Crippen molar-refractivity contribution in [3.05, 3.63) is 29.8 Å². The second-order valence-electron chi connectivity index (χ2n) is 5.74. The highest BCUT2D eigenvalue weighted by Crippen LogP contribution is 2.30. The van der Waals surface area contributed by atoms with E-state index in [2.05, 4.69) is 35.4 Å². The fourth-order valence-corrected chi connectivity index (χ4v) is 3.22. The van der Waals surface area contributed by atoms with E-state index in [1.165, 1.54) is 36.3 Å². The lowest BCUT2D eigenvalue weighted by molar-refractivity contribution is 0.161. The van der Waals surface area contributed by atoms with Crippen LogP contribution in [0.4, 0.5) is 0 Å². The fraction of sp³-hybridized carbons (Fsp3) is 0.625. The average molecular weight is 277 g/mol. The first kappa shape index (κ1) is 13.5. The molecule has 1 heterocycles. The Kier molecular flexibility index (Phi) is 4.46. The van der Waals surface area contributed by atoms with Crippen LogP contribution in [0.15, 0.2) is 29.2 Å². The molecule has 3 rings (SSSR count). The largest absolute Gasteiger partial charge is 0.381 e. The molecule has 1 aromatic carbocycles. The van der Waals surface area contributed by atoms with Crippen molar-refractivity contribution in [2.75, 3.05) is 26.0 Å². The molecule has 2 aliphatic rings. The Balaban J connectivity index is 1.59. The zero-order valence-electron chi connectivity index (χ0n) is 11.7. The lowest BCUT2D eigenvalue weighted by atomic mass is 10.1. The van der Waals surface area contributed by atoms with Gasteiger partial charge in [-0.05, 0) is 49.1 Å². The summed E-state index contributed by atoms with van der Waals surface area (Å²) in [5, 5.41) is 0. The third kappa shape index (κ3) is 3.74. The molecule has 2 fully saturated rings. The summed E-state index contributed by atoms with van der Waals surface area (Å²) < 4.78 is 5.51. The van der Waals surface area contributed by atoms with Crippen LogP contribution < -0.4 is 0 Å². The average Bonchev–Trinajstić information content (AvgIpc) is 3.17. The van der Waals surface area contributed by atoms with Gasteiger partial charge in [0, 0.05) is 30.6 Å². The minimum atomic E-state index is 0.756. The standard InChI is InChI=1S/C16H23NOS/c1-19-16-6-2-13(3-7-16)10-17(15-4-5-15)11-14-8-9-18-12-14/h2-3,6-7,14-15H,4-5,8-12H2,1H3/t14-/m1/s1.